The summed E-state index contributed by atoms with van der Waals surface area (Å²) in [6.07, 6.45) is 5.03. The molecule has 0 radical (unpaired) electrons. The van der Waals surface area contributed by atoms with E-state index >= 15 is 0 Å². The van der Waals surface area contributed by atoms with Gasteiger partial charge in [0.15, 0.2) is 0 Å². The van der Waals surface area contributed by atoms with Gasteiger partial charge in [0.05, 0.1) is 18.4 Å². The lowest BCUT2D eigenvalue weighted by molar-refractivity contribution is -0.131. The van der Waals surface area contributed by atoms with Crippen LogP contribution < -0.4 is 10.5 Å². The smallest absolute Gasteiger partial charge is 0.328 e. The molecule has 114 valence electrons. The van der Waals surface area contributed by atoms with Crippen molar-refractivity contribution in [3.8, 4) is 0 Å². The van der Waals surface area contributed by atoms with Gasteiger partial charge in [-0.05, 0) is 31.3 Å². The Hall–Kier alpha value is -2.11. The van der Waals surface area contributed by atoms with Crippen molar-refractivity contribution in [3.05, 3.63) is 34.3 Å². The maximum atomic E-state index is 12.1. The molecule has 1 fully saturated rings. The summed E-state index contributed by atoms with van der Waals surface area (Å²) in [7, 11) is 0. The molecule has 1 aliphatic heterocycles. The highest BCUT2D eigenvalue weighted by atomic mass is 16.4. The number of anilines is 1. The minimum atomic E-state index is -1.01. The lowest BCUT2D eigenvalue weighted by Gasteiger charge is -2.31. The van der Waals surface area contributed by atoms with Crippen LogP contribution in [-0.4, -0.2) is 33.9 Å². The van der Waals surface area contributed by atoms with Crippen LogP contribution in [-0.2, 0) is 11.3 Å². The third-order valence-corrected chi connectivity index (χ3v) is 3.77. The van der Waals surface area contributed by atoms with E-state index in [1.807, 2.05) is 0 Å². The fourth-order valence-corrected chi connectivity index (χ4v) is 2.48. The average Bonchev–Trinajstić information content (AvgIpc) is 2.41. The van der Waals surface area contributed by atoms with E-state index in [-0.39, 0.29) is 12.1 Å². The molecule has 1 aromatic heterocycles. The van der Waals surface area contributed by atoms with Crippen molar-refractivity contribution >= 4 is 11.7 Å². The number of aliphatic carboxylic acids is 1. The number of piperidine rings is 1. The third kappa shape index (κ3) is 4.18. The van der Waals surface area contributed by atoms with E-state index in [1.54, 1.807) is 19.2 Å². The van der Waals surface area contributed by atoms with Gasteiger partial charge in [-0.25, -0.2) is 9.48 Å². The first-order chi connectivity index (χ1) is 9.95. The highest BCUT2D eigenvalue weighted by molar-refractivity contribution is 5.80. The zero-order chi connectivity index (χ0) is 15.4. The van der Waals surface area contributed by atoms with Crippen LogP contribution in [0.5, 0.6) is 0 Å². The Morgan fingerprint density at radius 2 is 2.14 bits per heavy atom. The molecule has 2 rings (SSSR count). The van der Waals surface area contributed by atoms with E-state index in [9.17, 15) is 9.59 Å². The fourth-order valence-electron chi connectivity index (χ4n) is 2.48. The van der Waals surface area contributed by atoms with Crippen molar-refractivity contribution < 1.29 is 9.90 Å². The van der Waals surface area contributed by atoms with Crippen LogP contribution in [0.2, 0.25) is 0 Å². The number of aromatic nitrogens is 2. The number of rotatable bonds is 4. The second-order valence-corrected chi connectivity index (χ2v) is 5.71. The van der Waals surface area contributed by atoms with E-state index < -0.39 is 5.97 Å². The van der Waals surface area contributed by atoms with Gasteiger partial charge in [0.2, 0.25) is 0 Å². The van der Waals surface area contributed by atoms with E-state index in [4.69, 9.17) is 5.11 Å². The van der Waals surface area contributed by atoms with E-state index in [0.717, 1.165) is 43.6 Å². The monoisotopic (exact) mass is 291 g/mol. The lowest BCUT2D eigenvalue weighted by atomic mass is 9.99. The van der Waals surface area contributed by atoms with Gasteiger partial charge in [-0.15, -0.1) is 0 Å². The summed E-state index contributed by atoms with van der Waals surface area (Å²) < 4.78 is 1.28. The van der Waals surface area contributed by atoms with Crippen molar-refractivity contribution in [2.75, 3.05) is 18.0 Å². The molecule has 1 aromatic rings. The van der Waals surface area contributed by atoms with Crippen LogP contribution in [0, 0.1) is 5.92 Å². The molecule has 21 heavy (non-hydrogen) atoms. The molecular weight excluding hydrogens is 270 g/mol. The normalized spacial score (nSPS) is 17.0. The van der Waals surface area contributed by atoms with Gasteiger partial charge < -0.3 is 10.0 Å². The quantitative estimate of drug-likeness (QED) is 0.851. The number of nitrogens with zero attached hydrogens (tertiary/aromatic N) is 3. The van der Waals surface area contributed by atoms with Gasteiger partial charge in [0, 0.05) is 25.2 Å². The molecule has 0 atom stereocenters. The largest absolute Gasteiger partial charge is 0.478 e. The van der Waals surface area contributed by atoms with E-state index in [0.29, 0.717) is 5.57 Å². The average molecular weight is 291 g/mol. The van der Waals surface area contributed by atoms with Crippen LogP contribution in [0.1, 0.15) is 26.7 Å². The highest BCUT2D eigenvalue weighted by Gasteiger charge is 2.17. The summed E-state index contributed by atoms with van der Waals surface area (Å²) >= 11 is 0. The zero-order valence-electron chi connectivity index (χ0n) is 12.5. The van der Waals surface area contributed by atoms with Gasteiger partial charge in [0.25, 0.3) is 5.56 Å². The van der Waals surface area contributed by atoms with Crippen molar-refractivity contribution in [1.29, 1.82) is 0 Å². The molecule has 6 nitrogen and oxygen atoms in total. The van der Waals surface area contributed by atoms with Crippen LogP contribution in [0.3, 0.4) is 0 Å². The molecule has 2 heterocycles. The molecule has 6 heteroatoms. The number of hydrogen-bond acceptors (Lipinski definition) is 4. The number of hydrogen-bond donors (Lipinski definition) is 1. The van der Waals surface area contributed by atoms with Crippen LogP contribution in [0.15, 0.2) is 28.7 Å². The minimum Gasteiger partial charge on any atom is -0.478 e. The van der Waals surface area contributed by atoms with Gasteiger partial charge in [-0.1, -0.05) is 6.92 Å². The Bertz CT molecular complexity index is 598. The van der Waals surface area contributed by atoms with Crippen molar-refractivity contribution in [1.82, 2.24) is 9.78 Å². The third-order valence-electron chi connectivity index (χ3n) is 3.77. The Morgan fingerprint density at radius 1 is 1.48 bits per heavy atom. The van der Waals surface area contributed by atoms with Crippen LogP contribution >= 0.6 is 0 Å². The maximum Gasteiger partial charge on any atom is 0.328 e. The van der Waals surface area contributed by atoms with E-state index in [2.05, 4.69) is 16.9 Å². The molecular formula is C15H21N3O3. The first-order valence-corrected chi connectivity index (χ1v) is 7.18. The molecule has 0 aliphatic carbocycles. The summed E-state index contributed by atoms with van der Waals surface area (Å²) in [6.45, 7) is 6.00. The predicted molar refractivity (Wildman–Crippen MR) is 80.5 cm³/mol. The summed E-state index contributed by atoms with van der Waals surface area (Å²) in [6, 6.07) is 1.58. The minimum absolute atomic E-state index is 0.197. The zero-order valence-corrected chi connectivity index (χ0v) is 12.5. The van der Waals surface area contributed by atoms with Crippen molar-refractivity contribution in [2.45, 2.75) is 33.2 Å². The molecule has 1 aliphatic rings. The molecule has 1 N–H and O–H groups in total. The molecule has 0 aromatic carbocycles. The van der Waals surface area contributed by atoms with Gasteiger partial charge in [-0.3, -0.25) is 4.79 Å². The number of carbonyl (C=O) groups is 1. The van der Waals surface area contributed by atoms with E-state index in [1.165, 1.54) is 4.68 Å². The summed E-state index contributed by atoms with van der Waals surface area (Å²) in [5, 5.41) is 12.8. The standard InChI is InChI=1S/C15H21N3O3/c1-11-3-5-17(6-4-11)13-8-14(19)18(16-9-13)10-12(2)7-15(20)21/h7-9,11H,3-6,10H2,1-2H3,(H,20,21). The lowest BCUT2D eigenvalue weighted by Crippen LogP contribution is -2.34. The first kappa shape index (κ1) is 15.3. The SMILES string of the molecule is CC(=CC(=O)O)Cn1ncc(N2CCC(C)CC2)cc1=O. The topological polar surface area (TPSA) is 75.4 Å². The Balaban J connectivity index is 2.11. The van der Waals surface area contributed by atoms with Gasteiger partial charge in [-0.2, -0.15) is 5.10 Å². The number of carboxylic acids is 1. The maximum absolute atomic E-state index is 12.1. The second-order valence-electron chi connectivity index (χ2n) is 5.71. The first-order valence-electron chi connectivity index (χ1n) is 7.18. The van der Waals surface area contributed by atoms with Crippen molar-refractivity contribution in [2.24, 2.45) is 5.92 Å². The Morgan fingerprint density at radius 3 is 2.71 bits per heavy atom. The predicted octanol–water partition coefficient (Wildman–Crippen LogP) is 1.51. The number of carboxylic acid groups (broad SMARTS) is 1. The second kappa shape index (κ2) is 6.56. The molecule has 1 saturated heterocycles. The molecule has 0 bridgehead atoms. The Labute approximate surface area is 123 Å². The fraction of sp³-hybridized carbons (Fsp3) is 0.533. The van der Waals surface area contributed by atoms with Crippen molar-refractivity contribution in [3.63, 3.8) is 0 Å². The van der Waals surface area contributed by atoms with Crippen LogP contribution in [0.25, 0.3) is 0 Å². The number of allylic oxidation sites excluding steroid dienone is 1. The Kier molecular flexibility index (Phi) is 4.77. The molecule has 0 saturated carbocycles. The summed E-state index contributed by atoms with van der Waals surface area (Å²) in [5.74, 6) is -0.280. The van der Waals surface area contributed by atoms with Gasteiger partial charge >= 0.3 is 5.97 Å². The van der Waals surface area contributed by atoms with Gasteiger partial charge in [0.1, 0.15) is 0 Å². The molecule has 0 unspecified atom stereocenters. The van der Waals surface area contributed by atoms with Crippen LogP contribution in [0.4, 0.5) is 5.69 Å². The molecule has 0 spiro atoms. The highest BCUT2D eigenvalue weighted by Crippen LogP contribution is 2.20. The summed E-state index contributed by atoms with van der Waals surface area (Å²) in [4.78, 5) is 24.8. The summed E-state index contributed by atoms with van der Waals surface area (Å²) in [5.41, 5.74) is 1.23. The molecule has 0 amide bonds.